The smallest absolute Gasteiger partial charge is 0.269 e. The molecule has 12 nitrogen and oxygen atoms in total. The molecule has 0 aromatic heterocycles. The Morgan fingerprint density at radius 3 is 1.15 bits per heavy atom. The van der Waals surface area contributed by atoms with E-state index in [4.69, 9.17) is 0 Å². The molecule has 2 aromatic rings. The van der Waals surface area contributed by atoms with Gasteiger partial charge in [-0.25, -0.2) is 0 Å². The van der Waals surface area contributed by atoms with Crippen molar-refractivity contribution in [1.29, 1.82) is 0 Å². The molecule has 40 heavy (non-hydrogen) atoms. The summed E-state index contributed by atoms with van der Waals surface area (Å²) in [5, 5.41) is 5.45. The van der Waals surface area contributed by atoms with Gasteiger partial charge in [0.1, 0.15) is 0 Å². The summed E-state index contributed by atoms with van der Waals surface area (Å²) >= 11 is 0. The van der Waals surface area contributed by atoms with Crippen LogP contribution < -0.4 is 32.3 Å². The second-order valence-electron chi connectivity index (χ2n) is 9.65. The third-order valence-electron chi connectivity index (χ3n) is 5.57. The van der Waals surface area contributed by atoms with Crippen LogP contribution in [-0.2, 0) is 19.2 Å². The Labute approximate surface area is 233 Å². The number of anilines is 2. The van der Waals surface area contributed by atoms with Crippen LogP contribution in [0.4, 0.5) is 11.4 Å². The Bertz CT molecular complexity index is 1110. The number of nitrogens with one attached hydrogen (secondary N) is 6. The van der Waals surface area contributed by atoms with Gasteiger partial charge in [0.2, 0.25) is 23.6 Å². The summed E-state index contributed by atoms with van der Waals surface area (Å²) < 4.78 is 0. The van der Waals surface area contributed by atoms with Gasteiger partial charge in [-0.05, 0) is 61.4 Å². The molecule has 0 heterocycles. The van der Waals surface area contributed by atoms with Crippen LogP contribution >= 0.6 is 0 Å². The summed E-state index contributed by atoms with van der Waals surface area (Å²) in [5.41, 5.74) is 11.0. The van der Waals surface area contributed by atoms with E-state index in [0.29, 0.717) is 35.3 Å². The van der Waals surface area contributed by atoms with Gasteiger partial charge in [-0.2, -0.15) is 0 Å². The van der Waals surface area contributed by atoms with Gasteiger partial charge in [0.05, 0.1) is 0 Å². The number of rotatable bonds is 11. The second kappa shape index (κ2) is 15.6. The van der Waals surface area contributed by atoms with Gasteiger partial charge in [0.25, 0.3) is 11.8 Å². The van der Waals surface area contributed by atoms with Gasteiger partial charge in [0.15, 0.2) is 0 Å². The highest BCUT2D eigenvalue weighted by molar-refractivity contribution is 5.98. The van der Waals surface area contributed by atoms with Gasteiger partial charge in [-0.1, -0.05) is 27.7 Å². The third kappa shape index (κ3) is 10.9. The summed E-state index contributed by atoms with van der Waals surface area (Å²) in [5.74, 6) is -2.48. The van der Waals surface area contributed by atoms with Crippen LogP contribution in [0, 0.1) is 11.8 Å². The van der Waals surface area contributed by atoms with Gasteiger partial charge >= 0.3 is 0 Å². The predicted molar refractivity (Wildman–Crippen MR) is 150 cm³/mol. The summed E-state index contributed by atoms with van der Waals surface area (Å²) in [6.45, 7) is 7.09. The molecular weight excluding hydrogens is 516 g/mol. The van der Waals surface area contributed by atoms with Gasteiger partial charge < -0.3 is 10.6 Å². The molecule has 0 aliphatic rings. The Kier molecular flexibility index (Phi) is 12.3. The van der Waals surface area contributed by atoms with Gasteiger partial charge in [0, 0.05) is 47.2 Å². The Balaban J connectivity index is 1.62. The number of benzene rings is 2. The molecule has 0 saturated heterocycles. The van der Waals surface area contributed by atoms with E-state index < -0.39 is 23.6 Å². The second-order valence-corrected chi connectivity index (χ2v) is 9.65. The first-order valence-corrected chi connectivity index (χ1v) is 13.0. The lowest BCUT2D eigenvalue weighted by molar-refractivity contribution is -0.123. The number of carbonyl (C=O) groups is 6. The fraction of sp³-hybridized carbons (Fsp3) is 0.357. The summed E-state index contributed by atoms with van der Waals surface area (Å²) in [4.78, 5) is 71.9. The first-order valence-electron chi connectivity index (χ1n) is 13.0. The Morgan fingerprint density at radius 2 is 0.850 bits per heavy atom. The minimum absolute atomic E-state index is 0.0831. The molecule has 2 rings (SSSR count). The number of amides is 6. The van der Waals surface area contributed by atoms with Crippen molar-refractivity contribution in [1.82, 2.24) is 21.7 Å². The molecule has 6 amide bonds. The number of hydrazine groups is 2. The van der Waals surface area contributed by atoms with Crippen molar-refractivity contribution in [2.24, 2.45) is 11.8 Å². The number of unbranched alkanes of at least 4 members (excludes halogenated alkanes) is 1. The normalized spacial score (nSPS) is 10.4. The highest BCUT2D eigenvalue weighted by Gasteiger charge is 2.12. The van der Waals surface area contributed by atoms with Crippen LogP contribution in [0.25, 0.3) is 0 Å². The van der Waals surface area contributed by atoms with E-state index in [1.165, 1.54) is 24.3 Å². The molecule has 12 heteroatoms. The predicted octanol–water partition coefficient (Wildman–Crippen LogP) is 2.66. The summed E-state index contributed by atoms with van der Waals surface area (Å²) in [6, 6.07) is 12.5. The molecule has 0 spiro atoms. The highest BCUT2D eigenvalue weighted by Crippen LogP contribution is 2.12. The fourth-order valence-electron chi connectivity index (χ4n) is 3.08. The SMILES string of the molecule is CC(C)C(=O)Nc1ccc(C(=O)NNC(=O)CCCCC(=O)NNC(=O)c2ccc(NC(=O)C(C)C)cc2)cc1. The molecule has 0 aliphatic carbocycles. The van der Waals surface area contributed by atoms with Crippen LogP contribution in [0.2, 0.25) is 0 Å². The lowest BCUT2D eigenvalue weighted by Gasteiger charge is -2.10. The molecule has 214 valence electrons. The van der Waals surface area contributed by atoms with Crippen LogP contribution in [0.5, 0.6) is 0 Å². The number of carbonyl (C=O) groups excluding carboxylic acids is 6. The molecule has 2 aromatic carbocycles. The number of hydrogen-bond acceptors (Lipinski definition) is 6. The van der Waals surface area contributed by atoms with Crippen molar-refractivity contribution >= 4 is 46.8 Å². The minimum atomic E-state index is -0.514. The van der Waals surface area contributed by atoms with Crippen molar-refractivity contribution in [3.8, 4) is 0 Å². The standard InChI is InChI=1S/C28H36N6O6/c1-17(2)25(37)29-21-13-9-19(10-14-21)27(39)33-31-23(35)7-5-6-8-24(36)32-34-28(40)20-11-15-22(16-12-20)30-26(38)18(3)4/h9-18H,5-8H2,1-4H3,(H,29,37)(H,30,38)(H,31,35)(H,32,36)(H,33,39)(H,34,40). The quantitative estimate of drug-likeness (QED) is 0.185. The third-order valence-corrected chi connectivity index (χ3v) is 5.57. The van der Waals surface area contributed by atoms with Crippen molar-refractivity contribution in [2.75, 3.05) is 10.6 Å². The van der Waals surface area contributed by atoms with Crippen LogP contribution in [0.1, 0.15) is 74.1 Å². The average Bonchev–Trinajstić information content (AvgIpc) is 2.93. The van der Waals surface area contributed by atoms with E-state index in [0.717, 1.165) is 0 Å². The maximum Gasteiger partial charge on any atom is 0.269 e. The van der Waals surface area contributed by atoms with Crippen molar-refractivity contribution < 1.29 is 28.8 Å². The van der Waals surface area contributed by atoms with E-state index in [1.54, 1.807) is 52.0 Å². The molecule has 0 fully saturated rings. The maximum absolute atomic E-state index is 12.2. The van der Waals surface area contributed by atoms with Crippen molar-refractivity contribution in [2.45, 2.75) is 53.4 Å². The first-order chi connectivity index (χ1) is 19.0. The highest BCUT2D eigenvalue weighted by atomic mass is 16.2. The van der Waals surface area contributed by atoms with Crippen LogP contribution in [0.15, 0.2) is 48.5 Å². The minimum Gasteiger partial charge on any atom is -0.326 e. The molecular formula is C28H36N6O6. The molecule has 0 unspecified atom stereocenters. The lowest BCUT2D eigenvalue weighted by atomic mass is 10.1. The average molecular weight is 553 g/mol. The Hall–Kier alpha value is -4.74. The van der Waals surface area contributed by atoms with Crippen molar-refractivity contribution in [3.05, 3.63) is 59.7 Å². The van der Waals surface area contributed by atoms with E-state index in [1.807, 2.05) is 0 Å². The first kappa shape index (κ1) is 31.5. The van der Waals surface area contributed by atoms with Gasteiger partial charge in [-0.3, -0.25) is 50.5 Å². The monoisotopic (exact) mass is 552 g/mol. The van der Waals surface area contributed by atoms with Crippen molar-refractivity contribution in [3.63, 3.8) is 0 Å². The Morgan fingerprint density at radius 1 is 0.525 bits per heavy atom. The fourth-order valence-corrected chi connectivity index (χ4v) is 3.08. The van der Waals surface area contributed by atoms with E-state index in [-0.39, 0.29) is 36.5 Å². The molecule has 0 radical (unpaired) electrons. The summed E-state index contributed by atoms with van der Waals surface area (Å²) in [6.07, 6.45) is 0.938. The van der Waals surface area contributed by atoms with E-state index in [9.17, 15) is 28.8 Å². The molecule has 0 bridgehead atoms. The topological polar surface area (TPSA) is 175 Å². The number of hydrogen-bond donors (Lipinski definition) is 6. The van der Waals surface area contributed by atoms with Crippen LogP contribution in [0.3, 0.4) is 0 Å². The zero-order valence-corrected chi connectivity index (χ0v) is 23.1. The van der Waals surface area contributed by atoms with E-state index >= 15 is 0 Å². The van der Waals surface area contributed by atoms with Gasteiger partial charge in [-0.15, -0.1) is 0 Å². The van der Waals surface area contributed by atoms with E-state index in [2.05, 4.69) is 32.3 Å². The lowest BCUT2D eigenvalue weighted by Crippen LogP contribution is -2.42. The molecule has 6 N–H and O–H groups in total. The molecule has 0 aliphatic heterocycles. The molecule has 0 atom stereocenters. The molecule has 0 saturated carbocycles. The van der Waals surface area contributed by atoms with Crippen LogP contribution in [-0.4, -0.2) is 35.4 Å². The zero-order valence-electron chi connectivity index (χ0n) is 23.1. The maximum atomic E-state index is 12.2. The largest absolute Gasteiger partial charge is 0.326 e. The summed E-state index contributed by atoms with van der Waals surface area (Å²) in [7, 11) is 0. The zero-order chi connectivity index (χ0) is 29.7.